The van der Waals surface area contributed by atoms with Crippen molar-refractivity contribution < 1.29 is 4.39 Å². The zero-order valence-corrected chi connectivity index (χ0v) is 17.0. The molecule has 1 aliphatic carbocycles. The van der Waals surface area contributed by atoms with Crippen molar-refractivity contribution in [3.05, 3.63) is 90.0 Å². The molecule has 0 saturated carbocycles. The van der Waals surface area contributed by atoms with Gasteiger partial charge in [0.05, 0.1) is 12.1 Å². The third-order valence-electron chi connectivity index (χ3n) is 6.31. The molecule has 4 aromatic rings. The maximum Gasteiger partial charge on any atom is 0.147 e. The second-order valence-corrected chi connectivity index (χ2v) is 8.17. The summed E-state index contributed by atoms with van der Waals surface area (Å²) in [6.07, 6.45) is 5.68. The van der Waals surface area contributed by atoms with Crippen LogP contribution in [-0.4, -0.2) is 32.4 Å². The molecule has 3 heterocycles. The minimum absolute atomic E-state index is 0.247. The second kappa shape index (κ2) is 7.32. The van der Waals surface area contributed by atoms with Crippen molar-refractivity contribution in [1.29, 1.82) is 0 Å². The zero-order chi connectivity index (χ0) is 20.8. The molecule has 2 aromatic heterocycles. The molecule has 0 saturated heterocycles. The summed E-state index contributed by atoms with van der Waals surface area (Å²) < 4.78 is 15.6. The summed E-state index contributed by atoms with van der Waals surface area (Å²) in [5, 5.41) is 7.27. The minimum atomic E-state index is -0.247. The van der Waals surface area contributed by atoms with Crippen LogP contribution in [-0.2, 0) is 19.4 Å². The molecular weight excluding hydrogens is 389 g/mol. The summed E-state index contributed by atoms with van der Waals surface area (Å²) in [5.41, 5.74) is 10.4. The molecule has 6 heteroatoms. The lowest BCUT2D eigenvalue weighted by atomic mass is 10.0. The van der Waals surface area contributed by atoms with Crippen LogP contribution in [0.4, 0.5) is 10.2 Å². The van der Waals surface area contributed by atoms with Gasteiger partial charge in [-0.25, -0.2) is 14.1 Å². The Kier molecular flexibility index (Phi) is 4.32. The number of hydrazine groups is 1. The Hall–Kier alpha value is -3.51. The number of nitrogens with zero attached hydrogens (tertiary/aromatic N) is 4. The Balaban J connectivity index is 1.40. The van der Waals surface area contributed by atoms with Gasteiger partial charge >= 0.3 is 0 Å². The van der Waals surface area contributed by atoms with Gasteiger partial charge in [-0.2, -0.15) is 5.10 Å². The predicted molar refractivity (Wildman–Crippen MR) is 119 cm³/mol. The van der Waals surface area contributed by atoms with E-state index in [1.165, 1.54) is 23.3 Å². The first-order valence-corrected chi connectivity index (χ1v) is 10.6. The number of rotatable bonds is 3. The number of pyridine rings is 1. The molecule has 1 aliphatic heterocycles. The number of hydrogen-bond acceptors (Lipinski definition) is 4. The van der Waals surface area contributed by atoms with E-state index in [4.69, 9.17) is 5.10 Å². The Labute approximate surface area is 180 Å². The first-order valence-electron chi connectivity index (χ1n) is 10.6. The molecule has 0 amide bonds. The highest BCUT2D eigenvalue weighted by atomic mass is 19.1. The van der Waals surface area contributed by atoms with E-state index in [0.717, 1.165) is 54.1 Å². The summed E-state index contributed by atoms with van der Waals surface area (Å²) in [6.45, 7) is 1.68. The van der Waals surface area contributed by atoms with Crippen molar-refractivity contribution in [2.75, 3.05) is 12.0 Å². The lowest BCUT2D eigenvalue weighted by molar-refractivity contribution is 0.214. The van der Waals surface area contributed by atoms with Gasteiger partial charge in [0.15, 0.2) is 0 Å². The monoisotopic (exact) mass is 411 g/mol. The first-order chi connectivity index (χ1) is 15.3. The average molecular weight is 411 g/mol. The van der Waals surface area contributed by atoms with Crippen molar-refractivity contribution in [3.8, 4) is 22.4 Å². The van der Waals surface area contributed by atoms with E-state index in [0.29, 0.717) is 6.04 Å². The van der Waals surface area contributed by atoms with Gasteiger partial charge in [-0.3, -0.25) is 4.98 Å². The van der Waals surface area contributed by atoms with Crippen LogP contribution in [0.3, 0.4) is 0 Å². The van der Waals surface area contributed by atoms with E-state index in [2.05, 4.69) is 39.7 Å². The molecule has 2 aromatic carbocycles. The summed E-state index contributed by atoms with van der Waals surface area (Å²) in [4.78, 5) is 4.17. The predicted octanol–water partition coefficient (Wildman–Crippen LogP) is 4.56. The number of fused-ring (bicyclic) bond motifs is 2. The van der Waals surface area contributed by atoms with Gasteiger partial charge in [0.25, 0.3) is 0 Å². The maximum absolute atomic E-state index is 13.5. The summed E-state index contributed by atoms with van der Waals surface area (Å²) >= 11 is 0. The Morgan fingerprint density at radius 2 is 1.55 bits per heavy atom. The standard InChI is InChI=1S/C25H22FN5/c26-21-7-5-18(6-8-21)24-23(17-9-11-27-12-10-17)25-29-30(13-14-31(25)28-24)22-15-19-3-1-2-4-20(19)16-22/h1-12,22,29H,13-16H2. The van der Waals surface area contributed by atoms with E-state index in [1.807, 2.05) is 16.8 Å². The van der Waals surface area contributed by atoms with Crippen molar-refractivity contribution in [2.24, 2.45) is 0 Å². The van der Waals surface area contributed by atoms with Gasteiger partial charge in [-0.15, -0.1) is 0 Å². The average Bonchev–Trinajstić information content (AvgIpc) is 3.41. The van der Waals surface area contributed by atoms with Crippen LogP contribution in [0.25, 0.3) is 22.4 Å². The molecule has 31 heavy (non-hydrogen) atoms. The smallest absolute Gasteiger partial charge is 0.147 e. The molecule has 0 fully saturated rings. The Morgan fingerprint density at radius 3 is 2.26 bits per heavy atom. The van der Waals surface area contributed by atoms with Gasteiger partial charge in [0.2, 0.25) is 0 Å². The van der Waals surface area contributed by atoms with Gasteiger partial charge in [-0.05, 0) is 65.9 Å². The highest BCUT2D eigenvalue weighted by Crippen LogP contribution is 2.39. The molecule has 0 spiro atoms. The number of anilines is 1. The summed E-state index contributed by atoms with van der Waals surface area (Å²) in [6, 6.07) is 19.7. The topological polar surface area (TPSA) is 46.0 Å². The van der Waals surface area contributed by atoms with E-state index in [-0.39, 0.29) is 5.82 Å². The second-order valence-electron chi connectivity index (χ2n) is 8.17. The Bertz CT molecular complexity index is 1210. The fourth-order valence-electron chi connectivity index (χ4n) is 4.76. The normalized spacial score (nSPS) is 16.0. The lowest BCUT2D eigenvalue weighted by Crippen LogP contribution is -2.46. The fourth-order valence-corrected chi connectivity index (χ4v) is 4.76. The SMILES string of the molecule is Fc1ccc(-c2nn3c(c2-c2ccncc2)NN(C2Cc4ccccc4C2)CC3)cc1. The van der Waals surface area contributed by atoms with Crippen LogP contribution < -0.4 is 5.43 Å². The zero-order valence-electron chi connectivity index (χ0n) is 17.0. The number of aromatic nitrogens is 3. The molecule has 0 bridgehead atoms. The number of nitrogens with one attached hydrogen (secondary N) is 1. The van der Waals surface area contributed by atoms with Gasteiger partial charge in [0.1, 0.15) is 17.3 Å². The molecule has 0 atom stereocenters. The molecule has 6 rings (SSSR count). The maximum atomic E-state index is 13.5. The highest BCUT2D eigenvalue weighted by molar-refractivity contribution is 5.89. The van der Waals surface area contributed by atoms with Crippen molar-refractivity contribution in [2.45, 2.75) is 25.4 Å². The summed E-state index contributed by atoms with van der Waals surface area (Å²) in [7, 11) is 0. The fraction of sp³-hybridized carbons (Fsp3) is 0.200. The van der Waals surface area contributed by atoms with Crippen LogP contribution in [0.1, 0.15) is 11.1 Å². The van der Waals surface area contributed by atoms with Crippen molar-refractivity contribution in [1.82, 2.24) is 19.8 Å². The largest absolute Gasteiger partial charge is 0.302 e. The molecule has 0 unspecified atom stereocenters. The number of benzene rings is 2. The van der Waals surface area contributed by atoms with Crippen molar-refractivity contribution in [3.63, 3.8) is 0 Å². The van der Waals surface area contributed by atoms with Gasteiger partial charge in [-0.1, -0.05) is 24.3 Å². The van der Waals surface area contributed by atoms with Gasteiger partial charge < -0.3 is 5.43 Å². The van der Waals surface area contributed by atoms with E-state index < -0.39 is 0 Å². The molecule has 1 N–H and O–H groups in total. The number of halogens is 1. The first kappa shape index (κ1) is 18.3. The Morgan fingerprint density at radius 1 is 0.839 bits per heavy atom. The third-order valence-corrected chi connectivity index (χ3v) is 6.31. The van der Waals surface area contributed by atoms with Crippen molar-refractivity contribution >= 4 is 5.82 Å². The summed E-state index contributed by atoms with van der Waals surface area (Å²) in [5.74, 6) is 0.732. The van der Waals surface area contributed by atoms with Gasteiger partial charge in [0, 0.05) is 30.5 Å². The molecule has 154 valence electrons. The van der Waals surface area contributed by atoms with Crippen LogP contribution >= 0.6 is 0 Å². The molecule has 0 radical (unpaired) electrons. The minimum Gasteiger partial charge on any atom is -0.302 e. The molecule has 2 aliphatic rings. The molecular formula is C25H22FN5. The molecule has 5 nitrogen and oxygen atoms in total. The third kappa shape index (κ3) is 3.20. The number of hydrogen-bond donors (Lipinski definition) is 1. The quantitative estimate of drug-likeness (QED) is 0.537. The lowest BCUT2D eigenvalue weighted by Gasteiger charge is -2.34. The highest BCUT2D eigenvalue weighted by Gasteiger charge is 2.32. The van der Waals surface area contributed by atoms with Crippen LogP contribution in [0.15, 0.2) is 73.1 Å². The van der Waals surface area contributed by atoms with Crippen LogP contribution in [0.5, 0.6) is 0 Å². The van der Waals surface area contributed by atoms with Crippen LogP contribution in [0, 0.1) is 5.82 Å². The van der Waals surface area contributed by atoms with E-state index in [1.54, 1.807) is 24.5 Å². The van der Waals surface area contributed by atoms with E-state index >= 15 is 0 Å². The van der Waals surface area contributed by atoms with Crippen LogP contribution in [0.2, 0.25) is 0 Å². The van der Waals surface area contributed by atoms with E-state index in [9.17, 15) is 4.39 Å².